The van der Waals surface area contributed by atoms with Crippen molar-refractivity contribution in [3.8, 4) is 0 Å². The molecule has 1 heteroatoms. The number of hydrogen-bond donors (Lipinski definition) is 1. The molecule has 1 nitrogen and oxygen atoms in total. The standard InChI is InChI=1S/C20H32O/c1-16-8-6-9-17(2)12-14-19(13-11-16)18(3)10-7-15-20(4,5)21/h7-8,10,12,15,19,21H,6,9,11,13-14H2,1-5H3/b15-7+,16-8+,17-12+,18-10+. The lowest BCUT2D eigenvalue weighted by atomic mass is 9.88. The first kappa shape index (κ1) is 18.0. The summed E-state index contributed by atoms with van der Waals surface area (Å²) in [6.07, 6.45) is 16.7. The predicted octanol–water partition coefficient (Wildman–Crippen LogP) is 5.73. The first-order valence-corrected chi connectivity index (χ1v) is 8.17. The van der Waals surface area contributed by atoms with Gasteiger partial charge in [-0.3, -0.25) is 0 Å². The molecule has 21 heavy (non-hydrogen) atoms. The highest BCUT2D eigenvalue weighted by Gasteiger charge is 2.11. The van der Waals surface area contributed by atoms with Crippen LogP contribution in [0, 0.1) is 5.92 Å². The SMILES string of the molecule is C/C1=C\CC(/C(C)=C/C=C/C(C)(C)O)CC/C(C)=C/CC1. The molecule has 0 heterocycles. The van der Waals surface area contributed by atoms with Gasteiger partial charge in [-0.25, -0.2) is 0 Å². The molecule has 0 saturated heterocycles. The van der Waals surface area contributed by atoms with E-state index in [9.17, 15) is 5.11 Å². The molecule has 0 radical (unpaired) electrons. The van der Waals surface area contributed by atoms with Crippen LogP contribution in [0.5, 0.6) is 0 Å². The average molecular weight is 288 g/mol. The zero-order chi connectivity index (χ0) is 15.9. The highest BCUT2D eigenvalue weighted by molar-refractivity contribution is 5.18. The Morgan fingerprint density at radius 1 is 1.19 bits per heavy atom. The van der Waals surface area contributed by atoms with E-state index in [2.05, 4.69) is 39.0 Å². The second-order valence-electron chi connectivity index (χ2n) is 7.03. The highest BCUT2D eigenvalue weighted by Crippen LogP contribution is 2.26. The summed E-state index contributed by atoms with van der Waals surface area (Å²) in [5.74, 6) is 0.604. The van der Waals surface area contributed by atoms with Crippen LogP contribution in [0.15, 0.2) is 47.1 Å². The maximum Gasteiger partial charge on any atom is 0.0774 e. The van der Waals surface area contributed by atoms with E-state index in [-0.39, 0.29) is 0 Å². The summed E-state index contributed by atoms with van der Waals surface area (Å²) in [4.78, 5) is 0. The van der Waals surface area contributed by atoms with Crippen molar-refractivity contribution in [2.45, 2.75) is 72.3 Å². The fraction of sp³-hybridized carbons (Fsp3) is 0.600. The van der Waals surface area contributed by atoms with Crippen molar-refractivity contribution in [2.75, 3.05) is 0 Å². The minimum absolute atomic E-state index is 0.604. The van der Waals surface area contributed by atoms with Crippen molar-refractivity contribution < 1.29 is 5.11 Å². The fourth-order valence-corrected chi connectivity index (χ4v) is 2.60. The topological polar surface area (TPSA) is 20.2 Å². The molecule has 1 rings (SSSR count). The summed E-state index contributed by atoms with van der Waals surface area (Å²) in [7, 11) is 0. The summed E-state index contributed by atoms with van der Waals surface area (Å²) in [6, 6.07) is 0. The molecular weight excluding hydrogens is 256 g/mol. The van der Waals surface area contributed by atoms with E-state index in [0.717, 1.165) is 6.42 Å². The monoisotopic (exact) mass is 288 g/mol. The molecule has 0 saturated carbocycles. The maximum absolute atomic E-state index is 9.73. The summed E-state index contributed by atoms with van der Waals surface area (Å²) >= 11 is 0. The van der Waals surface area contributed by atoms with Crippen molar-refractivity contribution in [1.82, 2.24) is 0 Å². The van der Waals surface area contributed by atoms with Crippen LogP contribution in [0.2, 0.25) is 0 Å². The van der Waals surface area contributed by atoms with E-state index in [1.807, 2.05) is 12.2 Å². The molecule has 0 bridgehead atoms. The number of aliphatic hydroxyl groups is 1. The summed E-state index contributed by atoms with van der Waals surface area (Å²) in [6.45, 7) is 10.3. The first-order valence-electron chi connectivity index (χ1n) is 8.17. The minimum Gasteiger partial charge on any atom is -0.386 e. The predicted molar refractivity (Wildman–Crippen MR) is 93.3 cm³/mol. The zero-order valence-corrected chi connectivity index (χ0v) is 14.4. The lowest BCUT2D eigenvalue weighted by Crippen LogP contribution is -2.13. The Bertz CT molecular complexity index is 441. The lowest BCUT2D eigenvalue weighted by Gasteiger charge is -2.18. The average Bonchev–Trinajstić information content (AvgIpc) is 2.36. The number of rotatable bonds is 3. The van der Waals surface area contributed by atoms with Gasteiger partial charge in [0.15, 0.2) is 0 Å². The van der Waals surface area contributed by atoms with Gasteiger partial charge in [0.25, 0.3) is 0 Å². The fourth-order valence-electron chi connectivity index (χ4n) is 2.60. The van der Waals surface area contributed by atoms with Crippen molar-refractivity contribution >= 4 is 0 Å². The third-order valence-corrected chi connectivity index (χ3v) is 4.18. The van der Waals surface area contributed by atoms with E-state index in [0.29, 0.717) is 5.92 Å². The smallest absolute Gasteiger partial charge is 0.0774 e. The molecule has 1 atom stereocenters. The van der Waals surface area contributed by atoms with Gasteiger partial charge in [0.1, 0.15) is 0 Å². The minimum atomic E-state index is -0.733. The Labute approximate surface area is 131 Å². The molecule has 0 aromatic carbocycles. The molecule has 0 amide bonds. The second-order valence-corrected chi connectivity index (χ2v) is 7.03. The molecule has 1 aliphatic carbocycles. The van der Waals surface area contributed by atoms with Crippen LogP contribution in [-0.4, -0.2) is 10.7 Å². The van der Waals surface area contributed by atoms with Crippen molar-refractivity contribution in [2.24, 2.45) is 5.92 Å². The molecular formula is C20H32O. The van der Waals surface area contributed by atoms with Gasteiger partial charge in [-0.05, 0) is 72.6 Å². The molecule has 0 aromatic rings. The molecule has 0 spiro atoms. The van der Waals surface area contributed by atoms with E-state index < -0.39 is 5.60 Å². The van der Waals surface area contributed by atoms with Gasteiger partial charge in [0.05, 0.1) is 5.60 Å². The highest BCUT2D eigenvalue weighted by atomic mass is 16.3. The molecule has 1 aliphatic rings. The zero-order valence-electron chi connectivity index (χ0n) is 14.4. The van der Waals surface area contributed by atoms with Crippen molar-refractivity contribution in [3.63, 3.8) is 0 Å². The van der Waals surface area contributed by atoms with Crippen LogP contribution in [0.4, 0.5) is 0 Å². The van der Waals surface area contributed by atoms with E-state index in [1.54, 1.807) is 13.8 Å². The quantitative estimate of drug-likeness (QED) is 0.519. The van der Waals surface area contributed by atoms with Crippen LogP contribution in [0.25, 0.3) is 0 Å². The van der Waals surface area contributed by atoms with Gasteiger partial charge in [-0.1, -0.05) is 47.1 Å². The van der Waals surface area contributed by atoms with Crippen LogP contribution in [0.1, 0.15) is 66.7 Å². The molecule has 1 unspecified atom stereocenters. The van der Waals surface area contributed by atoms with Gasteiger partial charge >= 0.3 is 0 Å². The third-order valence-electron chi connectivity index (χ3n) is 4.18. The summed E-state index contributed by atoms with van der Waals surface area (Å²) in [5, 5.41) is 9.73. The van der Waals surface area contributed by atoms with E-state index in [4.69, 9.17) is 0 Å². The van der Waals surface area contributed by atoms with Crippen LogP contribution in [0.3, 0.4) is 0 Å². The van der Waals surface area contributed by atoms with Gasteiger partial charge in [0, 0.05) is 0 Å². The van der Waals surface area contributed by atoms with Crippen LogP contribution >= 0.6 is 0 Å². The summed E-state index contributed by atoms with van der Waals surface area (Å²) in [5.41, 5.74) is 3.70. The Balaban J connectivity index is 2.79. The Kier molecular flexibility index (Phi) is 7.17. The molecule has 0 aliphatic heterocycles. The normalized spacial score (nSPS) is 27.9. The summed E-state index contributed by atoms with van der Waals surface area (Å²) < 4.78 is 0. The van der Waals surface area contributed by atoms with E-state index in [1.165, 1.54) is 42.4 Å². The number of hydrogen-bond acceptors (Lipinski definition) is 1. The van der Waals surface area contributed by atoms with Gasteiger partial charge in [-0.2, -0.15) is 0 Å². The number of allylic oxidation sites excluding steroid dienone is 7. The van der Waals surface area contributed by atoms with Crippen molar-refractivity contribution in [3.05, 3.63) is 47.1 Å². The van der Waals surface area contributed by atoms with Crippen LogP contribution in [-0.2, 0) is 0 Å². The van der Waals surface area contributed by atoms with Gasteiger partial charge < -0.3 is 5.11 Å². The Morgan fingerprint density at radius 3 is 2.52 bits per heavy atom. The second kappa shape index (κ2) is 8.38. The third kappa shape index (κ3) is 8.06. The van der Waals surface area contributed by atoms with Crippen molar-refractivity contribution in [1.29, 1.82) is 0 Å². The van der Waals surface area contributed by atoms with Gasteiger partial charge in [-0.15, -0.1) is 0 Å². The molecule has 0 fully saturated rings. The maximum atomic E-state index is 9.73. The van der Waals surface area contributed by atoms with Gasteiger partial charge in [0.2, 0.25) is 0 Å². The molecule has 1 N–H and O–H groups in total. The first-order chi connectivity index (χ1) is 9.78. The molecule has 0 aromatic heterocycles. The van der Waals surface area contributed by atoms with E-state index >= 15 is 0 Å². The lowest BCUT2D eigenvalue weighted by molar-refractivity contribution is 0.133. The Hall–Kier alpha value is -1.08. The Morgan fingerprint density at radius 2 is 1.86 bits per heavy atom. The largest absolute Gasteiger partial charge is 0.386 e. The molecule has 118 valence electrons. The van der Waals surface area contributed by atoms with Crippen LogP contribution < -0.4 is 0 Å².